The summed E-state index contributed by atoms with van der Waals surface area (Å²) in [6, 6.07) is 15.9. The van der Waals surface area contributed by atoms with E-state index in [4.69, 9.17) is 28.0 Å². The number of fused-ring (bicyclic) bond motifs is 1. The van der Waals surface area contributed by atoms with E-state index in [0.29, 0.717) is 33.4 Å². The Bertz CT molecular complexity index is 1210. The van der Waals surface area contributed by atoms with Gasteiger partial charge in [-0.05, 0) is 30.3 Å². The predicted octanol–water partition coefficient (Wildman–Crippen LogP) is 5.42. The minimum atomic E-state index is -0.663. The van der Waals surface area contributed by atoms with Crippen LogP contribution in [-0.4, -0.2) is 26.2 Å². The number of para-hydroxylation sites is 1. The van der Waals surface area contributed by atoms with Gasteiger partial charge in [-0.25, -0.2) is 14.8 Å². The third-order valence-electron chi connectivity index (χ3n) is 4.18. The highest BCUT2D eigenvalue weighted by atomic mass is 35.5. The first kappa shape index (κ1) is 21.8. The van der Waals surface area contributed by atoms with Gasteiger partial charge in [-0.1, -0.05) is 52.6 Å². The molecule has 0 aliphatic heterocycles. The molecule has 0 aliphatic carbocycles. The van der Waals surface area contributed by atoms with Crippen molar-refractivity contribution in [3.8, 4) is 0 Å². The Kier molecular flexibility index (Phi) is 7.05. The standard InChI is InChI=1S/C21H14Cl2N4O2.ClH/c22-15-6-7-16(17(23)11-15)20(12-27-10-9-24-13-27)26-29-21(28)19-8-5-14-3-1-2-4-18(14)25-19;/h1-11,13H,12H2;1H/b26-20+;. The Balaban J connectivity index is 0.00000256. The number of halogens is 3. The topological polar surface area (TPSA) is 69.4 Å². The fourth-order valence-electron chi connectivity index (χ4n) is 2.76. The number of hydrogen-bond donors (Lipinski definition) is 0. The summed E-state index contributed by atoms with van der Waals surface area (Å²) in [7, 11) is 0. The minimum absolute atomic E-state index is 0. The van der Waals surface area contributed by atoms with Gasteiger partial charge in [-0.15, -0.1) is 12.4 Å². The van der Waals surface area contributed by atoms with Crippen LogP contribution in [0.1, 0.15) is 16.1 Å². The molecular weight excluding hydrogens is 447 g/mol. The Labute approximate surface area is 188 Å². The second kappa shape index (κ2) is 9.71. The van der Waals surface area contributed by atoms with Crippen molar-refractivity contribution in [2.24, 2.45) is 5.16 Å². The summed E-state index contributed by atoms with van der Waals surface area (Å²) in [5.74, 6) is -0.663. The number of carbonyl (C=O) groups excluding carboxylic acids is 1. The second-order valence-corrected chi connectivity index (χ2v) is 7.01. The summed E-state index contributed by atoms with van der Waals surface area (Å²) in [6.07, 6.45) is 5.05. The first-order valence-electron chi connectivity index (χ1n) is 8.65. The average Bonchev–Trinajstić information content (AvgIpc) is 3.24. The van der Waals surface area contributed by atoms with E-state index in [1.807, 2.05) is 30.3 Å². The highest BCUT2D eigenvalue weighted by Gasteiger charge is 2.14. The molecule has 0 radical (unpaired) electrons. The highest BCUT2D eigenvalue weighted by Crippen LogP contribution is 2.22. The van der Waals surface area contributed by atoms with Gasteiger partial charge in [0.15, 0.2) is 5.69 Å². The normalized spacial score (nSPS) is 11.2. The van der Waals surface area contributed by atoms with Crippen LogP contribution in [0, 0.1) is 0 Å². The van der Waals surface area contributed by atoms with Gasteiger partial charge in [0.05, 0.1) is 23.4 Å². The first-order valence-corrected chi connectivity index (χ1v) is 9.41. The molecule has 0 N–H and O–H groups in total. The molecule has 2 heterocycles. The maximum Gasteiger partial charge on any atom is 0.383 e. The van der Waals surface area contributed by atoms with Gasteiger partial charge < -0.3 is 9.40 Å². The molecule has 4 rings (SSSR count). The van der Waals surface area contributed by atoms with Gasteiger partial charge in [-0.2, -0.15) is 0 Å². The molecule has 0 saturated heterocycles. The number of benzene rings is 2. The zero-order valence-corrected chi connectivity index (χ0v) is 17.7. The molecule has 30 heavy (non-hydrogen) atoms. The van der Waals surface area contributed by atoms with Gasteiger partial charge in [-0.3, -0.25) is 0 Å². The molecule has 4 aromatic rings. The zero-order chi connectivity index (χ0) is 20.2. The number of imidazole rings is 1. The number of pyridine rings is 1. The van der Waals surface area contributed by atoms with Crippen molar-refractivity contribution in [3.63, 3.8) is 0 Å². The molecule has 0 aliphatic rings. The first-order chi connectivity index (χ1) is 14.1. The predicted molar refractivity (Wildman–Crippen MR) is 120 cm³/mol. The van der Waals surface area contributed by atoms with Crippen LogP contribution in [0.5, 0.6) is 0 Å². The molecular formula is C21H15Cl3N4O2. The van der Waals surface area contributed by atoms with E-state index in [2.05, 4.69) is 15.1 Å². The zero-order valence-electron chi connectivity index (χ0n) is 15.4. The number of nitrogens with zero attached hydrogens (tertiary/aromatic N) is 4. The van der Waals surface area contributed by atoms with Gasteiger partial charge in [0.25, 0.3) is 0 Å². The molecule has 0 atom stereocenters. The molecule has 0 bridgehead atoms. The molecule has 9 heteroatoms. The molecule has 0 saturated carbocycles. The van der Waals surface area contributed by atoms with E-state index in [1.165, 1.54) is 0 Å². The third kappa shape index (κ3) is 4.97. The van der Waals surface area contributed by atoms with E-state index < -0.39 is 5.97 Å². The van der Waals surface area contributed by atoms with Crippen LogP contribution in [-0.2, 0) is 11.4 Å². The number of rotatable bonds is 5. The Morgan fingerprint density at radius 2 is 1.93 bits per heavy atom. The largest absolute Gasteiger partial charge is 0.383 e. The van der Waals surface area contributed by atoms with E-state index >= 15 is 0 Å². The van der Waals surface area contributed by atoms with E-state index in [1.54, 1.807) is 47.6 Å². The number of oxime groups is 1. The van der Waals surface area contributed by atoms with E-state index in [9.17, 15) is 4.79 Å². The van der Waals surface area contributed by atoms with Gasteiger partial charge in [0.2, 0.25) is 0 Å². The lowest BCUT2D eigenvalue weighted by Gasteiger charge is -2.09. The monoisotopic (exact) mass is 460 g/mol. The van der Waals surface area contributed by atoms with Gasteiger partial charge >= 0.3 is 5.97 Å². The van der Waals surface area contributed by atoms with Crippen molar-refractivity contribution in [2.45, 2.75) is 6.54 Å². The van der Waals surface area contributed by atoms with Crippen molar-refractivity contribution in [3.05, 3.63) is 94.6 Å². The van der Waals surface area contributed by atoms with Crippen LogP contribution < -0.4 is 0 Å². The van der Waals surface area contributed by atoms with Gasteiger partial charge in [0, 0.05) is 28.4 Å². The summed E-state index contributed by atoms with van der Waals surface area (Å²) in [5, 5.41) is 5.90. The lowest BCUT2D eigenvalue weighted by atomic mass is 10.1. The number of hydrogen-bond acceptors (Lipinski definition) is 5. The van der Waals surface area contributed by atoms with Crippen molar-refractivity contribution in [2.75, 3.05) is 0 Å². The highest BCUT2D eigenvalue weighted by molar-refractivity contribution is 6.37. The number of carbonyl (C=O) groups is 1. The van der Waals surface area contributed by atoms with Crippen molar-refractivity contribution in [1.29, 1.82) is 0 Å². The lowest BCUT2D eigenvalue weighted by molar-refractivity contribution is 0.0509. The summed E-state index contributed by atoms with van der Waals surface area (Å²) in [6.45, 7) is 0.305. The fraction of sp³-hybridized carbons (Fsp3) is 0.0476. The molecule has 0 unspecified atom stereocenters. The Morgan fingerprint density at radius 1 is 1.10 bits per heavy atom. The van der Waals surface area contributed by atoms with Crippen molar-refractivity contribution in [1.82, 2.24) is 14.5 Å². The van der Waals surface area contributed by atoms with E-state index in [-0.39, 0.29) is 18.1 Å². The third-order valence-corrected chi connectivity index (χ3v) is 4.73. The SMILES string of the molecule is Cl.O=C(O/N=C(\Cn1ccnc1)c1ccc(Cl)cc1Cl)c1ccc2ccccc2n1. The van der Waals surface area contributed by atoms with Crippen molar-refractivity contribution < 1.29 is 9.63 Å². The smallest absolute Gasteiger partial charge is 0.331 e. The molecule has 152 valence electrons. The Hall–Kier alpha value is -2.93. The summed E-state index contributed by atoms with van der Waals surface area (Å²) in [5.41, 5.74) is 1.91. The molecule has 2 aromatic heterocycles. The molecule has 2 aromatic carbocycles. The lowest BCUT2D eigenvalue weighted by Crippen LogP contribution is -2.14. The molecule has 0 amide bonds. The molecule has 0 fully saturated rings. The maximum absolute atomic E-state index is 12.5. The van der Waals surface area contributed by atoms with Crippen LogP contribution >= 0.6 is 35.6 Å². The molecule has 0 spiro atoms. The summed E-state index contributed by atoms with van der Waals surface area (Å²) >= 11 is 12.3. The molecule has 6 nitrogen and oxygen atoms in total. The Morgan fingerprint density at radius 3 is 2.70 bits per heavy atom. The number of aromatic nitrogens is 3. The summed E-state index contributed by atoms with van der Waals surface area (Å²) < 4.78 is 1.78. The van der Waals surface area contributed by atoms with Crippen LogP contribution in [0.25, 0.3) is 10.9 Å². The van der Waals surface area contributed by atoms with E-state index in [0.717, 1.165) is 5.39 Å². The maximum atomic E-state index is 12.5. The van der Waals surface area contributed by atoms with Crippen LogP contribution in [0.2, 0.25) is 10.0 Å². The van der Waals surface area contributed by atoms with Crippen LogP contribution in [0.4, 0.5) is 0 Å². The summed E-state index contributed by atoms with van der Waals surface area (Å²) in [4.78, 5) is 26.0. The second-order valence-electron chi connectivity index (χ2n) is 6.17. The fourth-order valence-corrected chi connectivity index (χ4v) is 3.28. The van der Waals surface area contributed by atoms with Crippen LogP contribution in [0.3, 0.4) is 0 Å². The van der Waals surface area contributed by atoms with Crippen molar-refractivity contribution >= 4 is 58.2 Å². The van der Waals surface area contributed by atoms with Gasteiger partial charge in [0.1, 0.15) is 5.71 Å². The van der Waals surface area contributed by atoms with Crippen LogP contribution in [0.15, 0.2) is 78.5 Å². The quantitative estimate of drug-likeness (QED) is 0.226. The average molecular weight is 462 g/mol. The minimum Gasteiger partial charge on any atom is -0.331 e.